The number of rotatable bonds is 7. The van der Waals surface area contributed by atoms with Gasteiger partial charge in [0.1, 0.15) is 10.6 Å². The van der Waals surface area contributed by atoms with Crippen LogP contribution in [-0.2, 0) is 16.6 Å². The maximum absolute atomic E-state index is 12.2. The van der Waals surface area contributed by atoms with E-state index in [9.17, 15) is 13.2 Å². The summed E-state index contributed by atoms with van der Waals surface area (Å²) in [7, 11) is -3.67. The number of carboxylic acid groups (broad SMARTS) is 1. The van der Waals surface area contributed by atoms with Crippen LogP contribution < -0.4 is 4.72 Å². The summed E-state index contributed by atoms with van der Waals surface area (Å²) in [5.41, 5.74) is 1.28. The van der Waals surface area contributed by atoms with Crippen molar-refractivity contribution >= 4 is 16.0 Å². The molecule has 0 bridgehead atoms. The van der Waals surface area contributed by atoms with Crippen molar-refractivity contribution in [3.05, 3.63) is 29.6 Å². The maximum Gasteiger partial charge on any atom is 0.352 e. The van der Waals surface area contributed by atoms with Crippen molar-refractivity contribution in [3.8, 4) is 0 Å². The van der Waals surface area contributed by atoms with Gasteiger partial charge in [0.15, 0.2) is 0 Å². The standard InChI is InChI=1S/C15H22N2O4S/c1-2-17-11-13(10-14(17)15(18)19)22(20,21)16-9-8-12-6-4-3-5-7-12/h6,10-11,16H,2-5,7-9H2,1H3,(H,18,19). The molecule has 0 saturated heterocycles. The Labute approximate surface area is 130 Å². The zero-order chi connectivity index (χ0) is 16.2. The van der Waals surface area contributed by atoms with E-state index in [1.807, 2.05) is 0 Å². The van der Waals surface area contributed by atoms with Gasteiger partial charge in [0, 0.05) is 19.3 Å². The average molecular weight is 326 g/mol. The Balaban J connectivity index is 2.03. The van der Waals surface area contributed by atoms with E-state index < -0.39 is 16.0 Å². The van der Waals surface area contributed by atoms with Gasteiger partial charge in [0.25, 0.3) is 0 Å². The van der Waals surface area contributed by atoms with Gasteiger partial charge in [-0.1, -0.05) is 11.6 Å². The van der Waals surface area contributed by atoms with E-state index in [4.69, 9.17) is 5.11 Å². The lowest BCUT2D eigenvalue weighted by Gasteiger charge is -2.12. The molecule has 0 unspecified atom stereocenters. The van der Waals surface area contributed by atoms with Crippen LogP contribution in [0.15, 0.2) is 28.8 Å². The smallest absolute Gasteiger partial charge is 0.352 e. The van der Waals surface area contributed by atoms with E-state index in [0.29, 0.717) is 19.5 Å². The van der Waals surface area contributed by atoms with Crippen LogP contribution in [0.1, 0.15) is 49.5 Å². The molecule has 0 atom stereocenters. The second-order valence-electron chi connectivity index (χ2n) is 5.41. The predicted molar refractivity (Wildman–Crippen MR) is 83.4 cm³/mol. The molecule has 122 valence electrons. The molecule has 1 heterocycles. The first-order valence-corrected chi connectivity index (χ1v) is 9.03. The third-order valence-corrected chi connectivity index (χ3v) is 5.29. The van der Waals surface area contributed by atoms with E-state index in [1.165, 1.54) is 35.2 Å². The zero-order valence-electron chi connectivity index (χ0n) is 12.7. The molecule has 0 radical (unpaired) electrons. The molecule has 0 amide bonds. The van der Waals surface area contributed by atoms with Gasteiger partial charge in [0.05, 0.1) is 0 Å². The Morgan fingerprint density at radius 3 is 2.73 bits per heavy atom. The van der Waals surface area contributed by atoms with Crippen molar-refractivity contribution in [2.24, 2.45) is 0 Å². The van der Waals surface area contributed by atoms with Gasteiger partial charge in [-0.2, -0.15) is 0 Å². The molecule has 6 nitrogen and oxygen atoms in total. The highest BCUT2D eigenvalue weighted by molar-refractivity contribution is 7.89. The van der Waals surface area contributed by atoms with Crippen molar-refractivity contribution in [3.63, 3.8) is 0 Å². The molecule has 0 saturated carbocycles. The normalized spacial score (nSPS) is 15.6. The molecule has 1 aromatic heterocycles. The minimum atomic E-state index is -3.67. The van der Waals surface area contributed by atoms with Gasteiger partial charge in [-0.3, -0.25) is 0 Å². The number of hydrogen-bond donors (Lipinski definition) is 2. The zero-order valence-corrected chi connectivity index (χ0v) is 13.5. The Bertz CT molecular complexity index is 674. The van der Waals surface area contributed by atoms with E-state index >= 15 is 0 Å². The molecule has 0 spiro atoms. The highest BCUT2D eigenvalue weighted by Gasteiger charge is 2.20. The third kappa shape index (κ3) is 3.98. The highest BCUT2D eigenvalue weighted by atomic mass is 32.2. The van der Waals surface area contributed by atoms with Gasteiger partial charge in [-0.05, 0) is 45.1 Å². The Hall–Kier alpha value is -1.60. The number of carboxylic acids is 1. The Kier molecular flexibility index (Phi) is 5.42. The lowest BCUT2D eigenvalue weighted by atomic mass is 9.97. The second kappa shape index (κ2) is 7.11. The molecular formula is C15H22N2O4S. The van der Waals surface area contributed by atoms with Gasteiger partial charge >= 0.3 is 5.97 Å². The molecule has 0 fully saturated rings. The fourth-order valence-corrected chi connectivity index (χ4v) is 3.70. The lowest BCUT2D eigenvalue weighted by Crippen LogP contribution is -2.25. The number of aromatic carboxylic acids is 1. The number of sulfonamides is 1. The Morgan fingerprint density at radius 1 is 1.41 bits per heavy atom. The lowest BCUT2D eigenvalue weighted by molar-refractivity contribution is 0.0685. The van der Waals surface area contributed by atoms with Crippen LogP contribution in [0, 0.1) is 0 Å². The fourth-order valence-electron chi connectivity index (χ4n) is 2.63. The van der Waals surface area contributed by atoms with Crippen LogP contribution in [0.3, 0.4) is 0 Å². The van der Waals surface area contributed by atoms with Crippen LogP contribution in [0.2, 0.25) is 0 Å². The van der Waals surface area contributed by atoms with Crippen LogP contribution >= 0.6 is 0 Å². The van der Waals surface area contributed by atoms with Crippen molar-refractivity contribution < 1.29 is 18.3 Å². The third-order valence-electron chi connectivity index (χ3n) is 3.86. The van der Waals surface area contributed by atoms with Crippen molar-refractivity contribution in [1.29, 1.82) is 0 Å². The molecule has 1 aliphatic carbocycles. The average Bonchev–Trinajstić information content (AvgIpc) is 2.93. The summed E-state index contributed by atoms with van der Waals surface area (Å²) < 4.78 is 28.5. The Morgan fingerprint density at radius 2 is 2.18 bits per heavy atom. The summed E-state index contributed by atoms with van der Waals surface area (Å²) in [6, 6.07) is 1.20. The maximum atomic E-state index is 12.2. The molecule has 0 aromatic carbocycles. The number of aryl methyl sites for hydroxylation is 1. The summed E-state index contributed by atoms with van der Waals surface area (Å²) in [6.07, 6.45) is 8.75. The minimum absolute atomic E-state index is 0.00405. The topological polar surface area (TPSA) is 88.4 Å². The van der Waals surface area contributed by atoms with E-state index in [0.717, 1.165) is 12.8 Å². The highest BCUT2D eigenvalue weighted by Crippen LogP contribution is 2.20. The molecule has 2 rings (SSSR count). The van der Waals surface area contributed by atoms with E-state index in [1.54, 1.807) is 6.92 Å². The summed E-state index contributed by atoms with van der Waals surface area (Å²) in [6.45, 7) is 2.52. The summed E-state index contributed by atoms with van der Waals surface area (Å²) in [4.78, 5) is 11.1. The second-order valence-corrected chi connectivity index (χ2v) is 7.18. The van der Waals surface area contributed by atoms with E-state index in [2.05, 4.69) is 10.8 Å². The summed E-state index contributed by atoms with van der Waals surface area (Å²) >= 11 is 0. The van der Waals surface area contributed by atoms with Crippen molar-refractivity contribution in [1.82, 2.24) is 9.29 Å². The van der Waals surface area contributed by atoms with Crippen molar-refractivity contribution in [2.45, 2.75) is 50.5 Å². The number of allylic oxidation sites excluding steroid dienone is 1. The number of nitrogens with one attached hydrogen (secondary N) is 1. The number of aromatic nitrogens is 1. The molecule has 1 aromatic rings. The number of nitrogens with zero attached hydrogens (tertiary/aromatic N) is 1. The predicted octanol–water partition coefficient (Wildman–Crippen LogP) is 2.38. The molecule has 7 heteroatoms. The number of carbonyl (C=O) groups is 1. The van der Waals surface area contributed by atoms with Gasteiger partial charge in [-0.25, -0.2) is 17.9 Å². The fraction of sp³-hybridized carbons (Fsp3) is 0.533. The minimum Gasteiger partial charge on any atom is -0.477 e. The van der Waals surface area contributed by atoms with Crippen LogP contribution in [0.4, 0.5) is 0 Å². The SMILES string of the molecule is CCn1cc(S(=O)(=O)NCCC2=CCCCC2)cc1C(=O)O. The number of hydrogen-bond acceptors (Lipinski definition) is 3. The first kappa shape index (κ1) is 16.8. The molecule has 0 aliphatic heterocycles. The van der Waals surface area contributed by atoms with E-state index in [-0.39, 0.29) is 10.6 Å². The quantitative estimate of drug-likeness (QED) is 0.753. The molecule has 22 heavy (non-hydrogen) atoms. The first-order chi connectivity index (χ1) is 10.4. The summed E-state index contributed by atoms with van der Waals surface area (Å²) in [5.74, 6) is -1.13. The van der Waals surface area contributed by atoms with Gasteiger partial charge in [-0.15, -0.1) is 0 Å². The van der Waals surface area contributed by atoms with Crippen LogP contribution in [0.25, 0.3) is 0 Å². The van der Waals surface area contributed by atoms with Gasteiger partial charge < -0.3 is 9.67 Å². The van der Waals surface area contributed by atoms with Crippen LogP contribution in [-0.4, -0.2) is 30.6 Å². The summed E-state index contributed by atoms with van der Waals surface area (Å²) in [5, 5.41) is 9.08. The monoisotopic (exact) mass is 326 g/mol. The molecule has 2 N–H and O–H groups in total. The van der Waals surface area contributed by atoms with Crippen molar-refractivity contribution in [2.75, 3.05) is 6.54 Å². The van der Waals surface area contributed by atoms with Gasteiger partial charge in [0.2, 0.25) is 10.0 Å². The van der Waals surface area contributed by atoms with Crippen LogP contribution in [0.5, 0.6) is 0 Å². The first-order valence-electron chi connectivity index (χ1n) is 7.55. The largest absolute Gasteiger partial charge is 0.477 e. The molecule has 1 aliphatic rings. The molecular weight excluding hydrogens is 304 g/mol.